The highest BCUT2D eigenvalue weighted by atomic mass is 19.4. The number of aliphatic imine (C=N–C) groups is 1. The molecule has 0 aliphatic heterocycles. The van der Waals surface area contributed by atoms with Crippen molar-refractivity contribution in [2.24, 2.45) is 10.9 Å². The Morgan fingerprint density at radius 1 is 1.15 bits per heavy atom. The number of nitrogens with one attached hydrogen (secondary N) is 1. The number of alkyl carbamates (subject to hydrolysis) is 1. The number of rotatable bonds is 6. The van der Waals surface area contributed by atoms with Crippen LogP contribution in [0.3, 0.4) is 0 Å². The third kappa shape index (κ3) is 6.98. The van der Waals surface area contributed by atoms with Crippen molar-refractivity contribution >= 4 is 12.2 Å². The van der Waals surface area contributed by atoms with E-state index in [1.165, 1.54) is 6.42 Å². The van der Waals surface area contributed by atoms with Crippen molar-refractivity contribution in [3.8, 4) is 0 Å². The highest BCUT2D eigenvalue weighted by Crippen LogP contribution is 2.40. The minimum atomic E-state index is -4.32. The number of carbonyl (C=O) groups excluding carboxylic acids is 2. The number of amides is 1. The van der Waals surface area contributed by atoms with Gasteiger partial charge < -0.3 is 10.1 Å². The first-order valence-corrected chi connectivity index (χ1v) is 9.41. The van der Waals surface area contributed by atoms with Gasteiger partial charge in [-0.05, 0) is 50.9 Å². The standard InChI is InChI=1S/C18H27F3N2O3/c19-18(20,21)10-11-26-16(25)23-15-6-4-14(5-7-15)12-17(22-13-24)8-2-1-3-9-17/h14-15H,1-12H2,(H,23,25). The molecule has 0 spiro atoms. The number of halogens is 3. The van der Waals surface area contributed by atoms with Gasteiger partial charge in [0.1, 0.15) is 6.61 Å². The molecule has 2 aliphatic carbocycles. The van der Waals surface area contributed by atoms with E-state index in [1.807, 2.05) is 0 Å². The van der Waals surface area contributed by atoms with Crippen molar-refractivity contribution in [3.63, 3.8) is 0 Å². The molecule has 1 N–H and O–H groups in total. The SMILES string of the molecule is O=C=NC1(CC2CCC(NC(=O)OCCC(F)(F)F)CC2)CCCCC1. The van der Waals surface area contributed by atoms with E-state index in [-0.39, 0.29) is 11.6 Å². The number of alkyl halides is 3. The number of carbonyl (C=O) groups is 1. The molecule has 0 bridgehead atoms. The minimum Gasteiger partial charge on any atom is -0.449 e. The summed E-state index contributed by atoms with van der Waals surface area (Å²) >= 11 is 0. The molecule has 5 nitrogen and oxygen atoms in total. The lowest BCUT2D eigenvalue weighted by Crippen LogP contribution is -2.40. The summed E-state index contributed by atoms with van der Waals surface area (Å²) in [5.41, 5.74) is -0.262. The molecule has 148 valence electrons. The average Bonchev–Trinajstić information content (AvgIpc) is 2.56. The van der Waals surface area contributed by atoms with Gasteiger partial charge >= 0.3 is 12.3 Å². The van der Waals surface area contributed by atoms with Gasteiger partial charge in [0, 0.05) is 6.04 Å². The molecule has 0 atom stereocenters. The Morgan fingerprint density at radius 2 is 1.81 bits per heavy atom. The Labute approximate surface area is 151 Å². The lowest BCUT2D eigenvalue weighted by Gasteiger charge is -2.37. The van der Waals surface area contributed by atoms with Gasteiger partial charge in [-0.25, -0.2) is 9.59 Å². The molecule has 0 aromatic heterocycles. The van der Waals surface area contributed by atoms with Gasteiger partial charge in [-0.3, -0.25) is 0 Å². The molecular weight excluding hydrogens is 349 g/mol. The molecule has 0 aromatic carbocycles. The highest BCUT2D eigenvalue weighted by Gasteiger charge is 2.36. The Morgan fingerprint density at radius 3 is 2.38 bits per heavy atom. The van der Waals surface area contributed by atoms with Crippen LogP contribution >= 0.6 is 0 Å². The number of isocyanates is 1. The van der Waals surface area contributed by atoms with Crippen LogP contribution in [0.15, 0.2) is 4.99 Å². The molecule has 0 aromatic rings. The number of hydrogen-bond donors (Lipinski definition) is 1. The van der Waals surface area contributed by atoms with E-state index >= 15 is 0 Å². The van der Waals surface area contributed by atoms with Crippen LogP contribution in [0, 0.1) is 5.92 Å². The summed E-state index contributed by atoms with van der Waals surface area (Å²) in [5, 5.41) is 2.65. The van der Waals surface area contributed by atoms with Crippen molar-refractivity contribution in [2.45, 2.75) is 88.4 Å². The molecule has 26 heavy (non-hydrogen) atoms. The molecule has 0 unspecified atom stereocenters. The average molecular weight is 376 g/mol. The fraction of sp³-hybridized carbons (Fsp3) is 0.889. The van der Waals surface area contributed by atoms with Gasteiger partial charge in [0.2, 0.25) is 6.08 Å². The molecule has 0 heterocycles. The zero-order valence-electron chi connectivity index (χ0n) is 14.9. The normalized spacial score (nSPS) is 25.8. The number of ether oxygens (including phenoxy) is 1. The van der Waals surface area contributed by atoms with Crippen molar-refractivity contribution in [1.82, 2.24) is 5.32 Å². The van der Waals surface area contributed by atoms with E-state index in [2.05, 4.69) is 15.0 Å². The van der Waals surface area contributed by atoms with Crippen LogP contribution in [0.1, 0.15) is 70.6 Å². The van der Waals surface area contributed by atoms with E-state index in [0.717, 1.165) is 57.8 Å². The topological polar surface area (TPSA) is 67.8 Å². The van der Waals surface area contributed by atoms with Crippen molar-refractivity contribution in [3.05, 3.63) is 0 Å². The Kier molecular flexibility index (Phi) is 7.50. The lowest BCUT2D eigenvalue weighted by molar-refractivity contribution is -0.141. The van der Waals surface area contributed by atoms with Crippen LogP contribution in [0.4, 0.5) is 18.0 Å². The molecule has 2 rings (SSSR count). The second kappa shape index (κ2) is 9.40. The van der Waals surface area contributed by atoms with E-state index in [9.17, 15) is 22.8 Å². The fourth-order valence-corrected chi connectivity index (χ4v) is 4.18. The Bertz CT molecular complexity index is 504. The quantitative estimate of drug-likeness (QED) is 0.542. The van der Waals surface area contributed by atoms with E-state index in [4.69, 9.17) is 0 Å². The van der Waals surface area contributed by atoms with Gasteiger partial charge in [-0.2, -0.15) is 18.2 Å². The second-order valence-electron chi connectivity index (χ2n) is 7.56. The predicted octanol–water partition coefficient (Wildman–Crippen LogP) is 4.65. The van der Waals surface area contributed by atoms with Crippen LogP contribution in [-0.4, -0.2) is 36.5 Å². The third-order valence-corrected chi connectivity index (χ3v) is 5.52. The van der Waals surface area contributed by atoms with Crippen molar-refractivity contribution in [1.29, 1.82) is 0 Å². The highest BCUT2D eigenvalue weighted by molar-refractivity contribution is 5.67. The van der Waals surface area contributed by atoms with Crippen LogP contribution < -0.4 is 5.32 Å². The predicted molar refractivity (Wildman–Crippen MR) is 89.5 cm³/mol. The van der Waals surface area contributed by atoms with Crippen molar-refractivity contribution in [2.75, 3.05) is 6.61 Å². The minimum absolute atomic E-state index is 0.0680. The molecule has 2 fully saturated rings. The summed E-state index contributed by atoms with van der Waals surface area (Å²) in [7, 11) is 0. The summed E-state index contributed by atoms with van der Waals surface area (Å²) < 4.78 is 40.7. The largest absolute Gasteiger partial charge is 0.449 e. The first-order chi connectivity index (χ1) is 12.3. The fourth-order valence-electron chi connectivity index (χ4n) is 4.18. The van der Waals surface area contributed by atoms with Crippen LogP contribution in [0.5, 0.6) is 0 Å². The van der Waals surface area contributed by atoms with Crippen LogP contribution in [-0.2, 0) is 9.53 Å². The molecule has 1 amide bonds. The number of nitrogens with zero attached hydrogens (tertiary/aromatic N) is 1. The van der Waals surface area contributed by atoms with E-state index < -0.39 is 25.3 Å². The summed E-state index contributed by atoms with van der Waals surface area (Å²) in [6.07, 6.45) is 4.97. The molecule has 0 radical (unpaired) electrons. The van der Waals surface area contributed by atoms with Gasteiger partial charge in [0.25, 0.3) is 0 Å². The molecule has 0 saturated heterocycles. The van der Waals surface area contributed by atoms with Crippen LogP contribution in [0.2, 0.25) is 0 Å². The first kappa shape index (κ1) is 20.7. The second-order valence-corrected chi connectivity index (χ2v) is 7.56. The Balaban J connectivity index is 1.71. The Hall–Kier alpha value is -1.56. The zero-order chi connectivity index (χ0) is 19.0. The summed E-state index contributed by atoms with van der Waals surface area (Å²) in [6, 6.07) is -0.0680. The van der Waals surface area contributed by atoms with Crippen molar-refractivity contribution < 1.29 is 27.5 Å². The smallest absolute Gasteiger partial charge is 0.407 e. The maximum atomic E-state index is 12.0. The van der Waals surface area contributed by atoms with Gasteiger partial charge in [0.15, 0.2) is 0 Å². The molecular formula is C18H27F3N2O3. The maximum absolute atomic E-state index is 12.0. The molecule has 8 heteroatoms. The summed E-state index contributed by atoms with van der Waals surface area (Å²) in [6.45, 7) is -0.656. The molecule has 2 saturated carbocycles. The first-order valence-electron chi connectivity index (χ1n) is 9.41. The van der Waals surface area contributed by atoms with E-state index in [1.54, 1.807) is 6.08 Å². The lowest BCUT2D eigenvalue weighted by atomic mass is 9.72. The zero-order valence-corrected chi connectivity index (χ0v) is 14.9. The van der Waals surface area contributed by atoms with E-state index in [0.29, 0.717) is 5.92 Å². The van der Waals surface area contributed by atoms with Gasteiger partial charge in [-0.15, -0.1) is 0 Å². The van der Waals surface area contributed by atoms with Crippen LogP contribution in [0.25, 0.3) is 0 Å². The molecule has 2 aliphatic rings. The third-order valence-electron chi connectivity index (χ3n) is 5.52. The number of hydrogen-bond acceptors (Lipinski definition) is 4. The summed E-state index contributed by atoms with van der Waals surface area (Å²) in [4.78, 5) is 26.5. The monoisotopic (exact) mass is 376 g/mol. The maximum Gasteiger partial charge on any atom is 0.407 e. The summed E-state index contributed by atoms with van der Waals surface area (Å²) in [5.74, 6) is 0.449. The van der Waals surface area contributed by atoms with Gasteiger partial charge in [0.05, 0.1) is 12.0 Å². The van der Waals surface area contributed by atoms with Gasteiger partial charge in [-0.1, -0.05) is 19.3 Å².